The van der Waals surface area contributed by atoms with Gasteiger partial charge in [0.25, 0.3) is 0 Å². The van der Waals surface area contributed by atoms with Crippen molar-refractivity contribution >= 4 is 21.2 Å². The second kappa shape index (κ2) is 4.05. The molecule has 2 aromatic rings. The van der Waals surface area contributed by atoms with Crippen molar-refractivity contribution in [2.24, 2.45) is 0 Å². The molecule has 0 radical (unpaired) electrons. The first-order valence-corrected chi connectivity index (χ1v) is 5.77. The van der Waals surface area contributed by atoms with Crippen molar-refractivity contribution in [3.63, 3.8) is 0 Å². The first-order chi connectivity index (χ1) is 8.29. The first-order valence-electron chi connectivity index (χ1n) is 4.36. The third kappa shape index (κ3) is 2.32. The van der Waals surface area contributed by atoms with E-state index in [1.807, 2.05) is 0 Å². The zero-order valence-electron chi connectivity index (χ0n) is 8.42. The largest absolute Gasteiger partial charge is 0.534 e. The molecule has 0 aromatic carbocycles. The van der Waals surface area contributed by atoms with Crippen molar-refractivity contribution in [2.45, 2.75) is 5.51 Å². The fourth-order valence-corrected chi connectivity index (χ4v) is 1.52. The van der Waals surface area contributed by atoms with Crippen LogP contribution in [-0.2, 0) is 10.1 Å². The highest BCUT2D eigenvalue weighted by molar-refractivity contribution is 7.87. The lowest BCUT2D eigenvalue weighted by Crippen LogP contribution is -2.28. The van der Waals surface area contributed by atoms with Gasteiger partial charge in [-0.2, -0.15) is 21.6 Å². The van der Waals surface area contributed by atoms with Crippen molar-refractivity contribution in [2.75, 3.05) is 0 Å². The van der Waals surface area contributed by atoms with Crippen LogP contribution >= 0.6 is 0 Å². The maximum Gasteiger partial charge on any atom is 0.534 e. The molecular formula is C8H4F3N3O3S. The summed E-state index contributed by atoms with van der Waals surface area (Å²) in [6, 6.07) is 1.05. The molecule has 6 nitrogen and oxygen atoms in total. The number of alkyl halides is 3. The van der Waals surface area contributed by atoms with Gasteiger partial charge in [-0.3, -0.25) is 0 Å². The van der Waals surface area contributed by atoms with Crippen LogP contribution in [0.2, 0.25) is 0 Å². The summed E-state index contributed by atoms with van der Waals surface area (Å²) in [5, 5.41) is 0.257. The predicted octanol–water partition coefficient (Wildman–Crippen LogP) is 1.25. The van der Waals surface area contributed by atoms with Gasteiger partial charge in [0.15, 0.2) is 11.4 Å². The summed E-state index contributed by atoms with van der Waals surface area (Å²) >= 11 is 0. The Labute approximate surface area is 98.6 Å². The van der Waals surface area contributed by atoms with Gasteiger partial charge in [0.1, 0.15) is 6.33 Å². The smallest absolute Gasteiger partial charge is 0.374 e. The Hall–Kier alpha value is -1.97. The molecule has 0 fully saturated rings. The Morgan fingerprint density at radius 1 is 1.17 bits per heavy atom. The molecule has 96 valence electrons. The predicted molar refractivity (Wildman–Crippen MR) is 52.9 cm³/mol. The number of aromatic nitrogens is 3. The third-order valence-corrected chi connectivity index (χ3v) is 2.80. The Balaban J connectivity index is 2.39. The summed E-state index contributed by atoms with van der Waals surface area (Å²) in [6.07, 6.45) is 3.29. The number of hydrogen-bond acceptors (Lipinski definition) is 6. The molecule has 0 bridgehead atoms. The number of fused-ring (bicyclic) bond motifs is 1. The highest BCUT2D eigenvalue weighted by Crippen LogP contribution is 2.27. The van der Waals surface area contributed by atoms with E-state index >= 15 is 0 Å². The van der Waals surface area contributed by atoms with E-state index in [9.17, 15) is 21.6 Å². The van der Waals surface area contributed by atoms with Crippen molar-refractivity contribution in [1.82, 2.24) is 15.0 Å². The fraction of sp³-hybridized carbons (Fsp3) is 0.125. The molecule has 0 amide bonds. The standard InChI is InChI=1S/C8H4F3N3O3S/c9-8(10,11)18(15,16)17-6-1-5-2-12-4-14-7(5)13-3-6/h1-4H. The second-order valence-electron chi connectivity index (χ2n) is 3.09. The van der Waals surface area contributed by atoms with E-state index in [0.29, 0.717) is 0 Å². The van der Waals surface area contributed by atoms with Crippen molar-refractivity contribution < 1.29 is 25.8 Å². The van der Waals surface area contributed by atoms with Gasteiger partial charge in [0.05, 0.1) is 6.20 Å². The van der Waals surface area contributed by atoms with Gasteiger partial charge in [-0.1, -0.05) is 0 Å². The van der Waals surface area contributed by atoms with Gasteiger partial charge in [0.2, 0.25) is 0 Å². The van der Waals surface area contributed by atoms with E-state index in [0.717, 1.165) is 12.3 Å². The lowest BCUT2D eigenvalue weighted by atomic mass is 10.3. The number of rotatable bonds is 2. The number of halogens is 3. The molecule has 0 saturated carbocycles. The molecule has 10 heteroatoms. The van der Waals surface area contributed by atoms with Crippen molar-refractivity contribution in [3.8, 4) is 5.75 Å². The minimum Gasteiger partial charge on any atom is -0.374 e. The van der Waals surface area contributed by atoms with Crippen LogP contribution in [0.25, 0.3) is 11.0 Å². The molecule has 0 atom stereocenters. The van der Waals surface area contributed by atoms with Crippen LogP contribution in [0.1, 0.15) is 0 Å². The van der Waals surface area contributed by atoms with Gasteiger partial charge >= 0.3 is 15.6 Å². The van der Waals surface area contributed by atoms with E-state index in [2.05, 4.69) is 19.1 Å². The van der Waals surface area contributed by atoms with E-state index in [-0.39, 0.29) is 11.0 Å². The summed E-state index contributed by atoms with van der Waals surface area (Å²) in [7, 11) is -5.70. The molecule has 2 heterocycles. The van der Waals surface area contributed by atoms with E-state index in [1.54, 1.807) is 0 Å². The minimum atomic E-state index is -5.70. The molecule has 18 heavy (non-hydrogen) atoms. The fourth-order valence-electron chi connectivity index (χ4n) is 1.08. The molecule has 0 saturated heterocycles. The zero-order valence-corrected chi connectivity index (χ0v) is 9.23. The highest BCUT2D eigenvalue weighted by atomic mass is 32.2. The molecule has 0 spiro atoms. The van der Waals surface area contributed by atoms with E-state index in [4.69, 9.17) is 0 Å². The summed E-state index contributed by atoms with van der Waals surface area (Å²) in [4.78, 5) is 11.0. The quantitative estimate of drug-likeness (QED) is 0.608. The highest BCUT2D eigenvalue weighted by Gasteiger charge is 2.48. The van der Waals surface area contributed by atoms with Crippen LogP contribution in [0, 0.1) is 0 Å². The van der Waals surface area contributed by atoms with Crippen LogP contribution in [0.4, 0.5) is 13.2 Å². The van der Waals surface area contributed by atoms with Gasteiger partial charge in [0, 0.05) is 11.6 Å². The van der Waals surface area contributed by atoms with Gasteiger partial charge in [-0.15, -0.1) is 0 Å². The summed E-state index contributed by atoms with van der Waals surface area (Å²) in [6.45, 7) is 0. The second-order valence-corrected chi connectivity index (χ2v) is 4.63. The minimum absolute atomic E-state index is 0.210. The molecule has 2 aromatic heterocycles. The number of hydrogen-bond donors (Lipinski definition) is 0. The molecule has 0 unspecified atom stereocenters. The third-order valence-electron chi connectivity index (χ3n) is 1.82. The Morgan fingerprint density at radius 2 is 1.89 bits per heavy atom. The van der Waals surface area contributed by atoms with Gasteiger partial charge < -0.3 is 4.18 Å². The molecule has 0 aliphatic heterocycles. The van der Waals surface area contributed by atoms with Gasteiger partial charge in [-0.25, -0.2) is 15.0 Å². The topological polar surface area (TPSA) is 82.0 Å². The SMILES string of the molecule is O=S(=O)(Oc1cnc2ncncc2c1)C(F)(F)F. The monoisotopic (exact) mass is 279 g/mol. The molecule has 0 aliphatic rings. The average Bonchev–Trinajstić information content (AvgIpc) is 2.27. The van der Waals surface area contributed by atoms with E-state index < -0.39 is 21.4 Å². The zero-order chi connectivity index (χ0) is 13.4. The first kappa shape index (κ1) is 12.5. The van der Waals surface area contributed by atoms with Crippen LogP contribution in [0.5, 0.6) is 5.75 Å². The van der Waals surface area contributed by atoms with Crippen molar-refractivity contribution in [3.05, 3.63) is 24.8 Å². The summed E-state index contributed by atoms with van der Waals surface area (Å²) < 4.78 is 61.6. The molecule has 2 rings (SSSR count). The lowest BCUT2D eigenvalue weighted by molar-refractivity contribution is -0.0500. The molecule has 0 aliphatic carbocycles. The summed E-state index contributed by atoms with van der Waals surface area (Å²) in [5.41, 5.74) is -5.28. The number of nitrogens with zero attached hydrogens (tertiary/aromatic N) is 3. The van der Waals surface area contributed by atoms with Crippen molar-refractivity contribution in [1.29, 1.82) is 0 Å². The Kier molecular flexibility index (Phi) is 2.81. The maximum absolute atomic E-state index is 12.1. The molecule has 0 N–H and O–H groups in total. The Bertz CT molecular complexity index is 687. The number of pyridine rings is 1. The van der Waals surface area contributed by atoms with Gasteiger partial charge in [-0.05, 0) is 6.07 Å². The normalized spacial score (nSPS) is 12.6. The van der Waals surface area contributed by atoms with E-state index in [1.165, 1.54) is 12.5 Å². The molecular weight excluding hydrogens is 275 g/mol. The maximum atomic E-state index is 12.1. The van der Waals surface area contributed by atoms with Crippen LogP contribution in [0.3, 0.4) is 0 Å². The Morgan fingerprint density at radius 3 is 2.56 bits per heavy atom. The van der Waals surface area contributed by atoms with Crippen LogP contribution < -0.4 is 4.18 Å². The van der Waals surface area contributed by atoms with Crippen LogP contribution in [-0.4, -0.2) is 28.9 Å². The lowest BCUT2D eigenvalue weighted by Gasteiger charge is -2.09. The van der Waals surface area contributed by atoms with Crippen LogP contribution in [0.15, 0.2) is 24.8 Å². The average molecular weight is 279 g/mol. The summed E-state index contributed by atoms with van der Waals surface area (Å²) in [5.74, 6) is -0.561.